The minimum absolute atomic E-state index is 0.0402. The normalized spacial score (nSPS) is 16.3. The van der Waals surface area contributed by atoms with E-state index in [0.29, 0.717) is 23.6 Å². The van der Waals surface area contributed by atoms with E-state index in [2.05, 4.69) is 0 Å². The molecule has 0 bridgehead atoms. The number of nitrogens with zero attached hydrogens (tertiary/aromatic N) is 1. The van der Waals surface area contributed by atoms with Gasteiger partial charge in [-0.25, -0.2) is 0 Å². The van der Waals surface area contributed by atoms with E-state index in [4.69, 9.17) is 11.6 Å². The fraction of sp³-hybridized carbons (Fsp3) is 0.176. The van der Waals surface area contributed by atoms with Gasteiger partial charge >= 0.3 is 0 Å². The van der Waals surface area contributed by atoms with Crippen LogP contribution < -0.4 is 4.90 Å². The van der Waals surface area contributed by atoms with Crippen molar-refractivity contribution in [3.8, 4) is 0 Å². The third-order valence-corrected chi connectivity index (χ3v) is 3.91. The Kier molecular flexibility index (Phi) is 3.76. The summed E-state index contributed by atoms with van der Waals surface area (Å²) in [6.07, 6.45) is 0.671. The predicted molar refractivity (Wildman–Crippen MR) is 82.4 cm³/mol. The Morgan fingerprint density at radius 1 is 0.905 bits per heavy atom. The molecular formula is C17H14ClNO2. The molecule has 1 fully saturated rings. The highest BCUT2D eigenvalue weighted by atomic mass is 35.5. The number of rotatable bonds is 2. The number of amides is 2. The molecule has 21 heavy (non-hydrogen) atoms. The van der Waals surface area contributed by atoms with Crippen LogP contribution in [-0.2, 0) is 9.59 Å². The number of hydrogen-bond donors (Lipinski definition) is 0. The van der Waals surface area contributed by atoms with Gasteiger partial charge in [-0.2, -0.15) is 0 Å². The Morgan fingerprint density at radius 3 is 2.19 bits per heavy atom. The summed E-state index contributed by atoms with van der Waals surface area (Å²) < 4.78 is 0. The van der Waals surface area contributed by atoms with Crippen molar-refractivity contribution in [2.24, 2.45) is 0 Å². The first kappa shape index (κ1) is 13.8. The van der Waals surface area contributed by atoms with E-state index in [9.17, 15) is 9.59 Å². The molecule has 0 radical (unpaired) electrons. The van der Waals surface area contributed by atoms with Gasteiger partial charge in [-0.3, -0.25) is 14.5 Å². The molecule has 0 atom stereocenters. The van der Waals surface area contributed by atoms with Crippen LogP contribution in [0.15, 0.2) is 54.6 Å². The summed E-state index contributed by atoms with van der Waals surface area (Å²) in [5, 5.41) is 0.512. The second-order valence-electron chi connectivity index (χ2n) is 5.12. The van der Waals surface area contributed by atoms with Crippen LogP contribution in [0.3, 0.4) is 0 Å². The average Bonchev–Trinajstić information content (AvgIpc) is 2.47. The third kappa shape index (κ3) is 2.83. The molecule has 0 N–H and O–H groups in total. The van der Waals surface area contributed by atoms with Crippen LogP contribution in [0.5, 0.6) is 0 Å². The molecule has 1 saturated heterocycles. The fourth-order valence-electron chi connectivity index (χ4n) is 2.68. The van der Waals surface area contributed by atoms with Crippen molar-refractivity contribution in [2.45, 2.75) is 18.8 Å². The summed E-state index contributed by atoms with van der Waals surface area (Å²) >= 11 is 5.93. The maximum Gasteiger partial charge on any atom is 0.234 e. The predicted octanol–water partition coefficient (Wildman–Crippen LogP) is 3.78. The van der Waals surface area contributed by atoms with Gasteiger partial charge in [0.25, 0.3) is 0 Å². The van der Waals surface area contributed by atoms with E-state index in [0.717, 1.165) is 5.56 Å². The van der Waals surface area contributed by atoms with Crippen molar-refractivity contribution in [1.82, 2.24) is 0 Å². The van der Waals surface area contributed by atoms with Crippen LogP contribution in [0.25, 0.3) is 0 Å². The molecule has 2 aromatic carbocycles. The highest BCUT2D eigenvalue weighted by Gasteiger charge is 2.34. The van der Waals surface area contributed by atoms with Crippen molar-refractivity contribution in [3.05, 3.63) is 65.2 Å². The SMILES string of the molecule is O=C1CC(c2ccccc2)CC(=O)N1c1cccc(Cl)c1. The number of hydrogen-bond acceptors (Lipinski definition) is 2. The maximum atomic E-state index is 12.4. The zero-order valence-corrected chi connectivity index (χ0v) is 12.1. The van der Waals surface area contributed by atoms with E-state index >= 15 is 0 Å². The number of imide groups is 1. The molecule has 2 aromatic rings. The Hall–Kier alpha value is -2.13. The van der Waals surface area contributed by atoms with Gasteiger partial charge in [0.15, 0.2) is 0 Å². The zero-order valence-electron chi connectivity index (χ0n) is 11.3. The van der Waals surface area contributed by atoms with Gasteiger partial charge in [-0.1, -0.05) is 48.0 Å². The van der Waals surface area contributed by atoms with Crippen molar-refractivity contribution < 1.29 is 9.59 Å². The van der Waals surface area contributed by atoms with Crippen LogP contribution in [-0.4, -0.2) is 11.8 Å². The summed E-state index contributed by atoms with van der Waals surface area (Å²) in [6, 6.07) is 16.5. The van der Waals surface area contributed by atoms with Crippen LogP contribution in [0.2, 0.25) is 5.02 Å². The minimum Gasteiger partial charge on any atom is -0.274 e. The maximum absolute atomic E-state index is 12.4. The van der Waals surface area contributed by atoms with Crippen molar-refractivity contribution >= 4 is 29.1 Å². The van der Waals surface area contributed by atoms with Gasteiger partial charge < -0.3 is 0 Å². The smallest absolute Gasteiger partial charge is 0.234 e. The van der Waals surface area contributed by atoms with Gasteiger partial charge in [0.2, 0.25) is 11.8 Å². The zero-order chi connectivity index (χ0) is 14.8. The van der Waals surface area contributed by atoms with Crippen molar-refractivity contribution in [1.29, 1.82) is 0 Å². The van der Waals surface area contributed by atoms with E-state index in [1.807, 2.05) is 30.3 Å². The van der Waals surface area contributed by atoms with Crippen LogP contribution in [0.4, 0.5) is 5.69 Å². The number of piperidine rings is 1. The Morgan fingerprint density at radius 2 is 1.57 bits per heavy atom. The molecule has 3 rings (SSSR count). The lowest BCUT2D eigenvalue weighted by atomic mass is 9.88. The summed E-state index contributed by atoms with van der Waals surface area (Å²) in [4.78, 5) is 26.0. The van der Waals surface area contributed by atoms with Gasteiger partial charge in [0, 0.05) is 23.8 Å². The molecule has 1 aliphatic rings. The van der Waals surface area contributed by atoms with Crippen molar-refractivity contribution in [2.75, 3.05) is 4.90 Å². The van der Waals surface area contributed by atoms with Gasteiger partial charge in [0.1, 0.15) is 0 Å². The molecule has 3 nitrogen and oxygen atoms in total. The van der Waals surface area contributed by atoms with Crippen LogP contribution >= 0.6 is 11.6 Å². The van der Waals surface area contributed by atoms with E-state index < -0.39 is 0 Å². The molecule has 0 spiro atoms. The van der Waals surface area contributed by atoms with Gasteiger partial charge in [-0.05, 0) is 23.8 Å². The molecule has 0 unspecified atom stereocenters. The van der Waals surface area contributed by atoms with E-state index in [1.165, 1.54) is 4.90 Å². The Labute approximate surface area is 128 Å². The molecule has 0 saturated carbocycles. The lowest BCUT2D eigenvalue weighted by molar-refractivity contribution is -0.129. The molecule has 1 aliphatic heterocycles. The first-order valence-electron chi connectivity index (χ1n) is 6.81. The number of halogens is 1. The highest BCUT2D eigenvalue weighted by Crippen LogP contribution is 2.32. The highest BCUT2D eigenvalue weighted by molar-refractivity contribution is 6.31. The number of carbonyl (C=O) groups is 2. The molecule has 2 amide bonds. The Bertz CT molecular complexity index is 666. The first-order valence-corrected chi connectivity index (χ1v) is 7.19. The first-order chi connectivity index (χ1) is 10.1. The summed E-state index contributed by atoms with van der Waals surface area (Å²) in [5.74, 6) is -0.397. The summed E-state index contributed by atoms with van der Waals surface area (Å²) in [5.41, 5.74) is 1.58. The second kappa shape index (κ2) is 5.70. The topological polar surface area (TPSA) is 37.4 Å². The van der Waals surface area contributed by atoms with Crippen LogP contribution in [0.1, 0.15) is 24.3 Å². The lowest BCUT2D eigenvalue weighted by Crippen LogP contribution is -2.42. The monoisotopic (exact) mass is 299 g/mol. The molecule has 106 valence electrons. The van der Waals surface area contributed by atoms with Crippen molar-refractivity contribution in [3.63, 3.8) is 0 Å². The largest absolute Gasteiger partial charge is 0.274 e. The molecule has 4 heteroatoms. The third-order valence-electron chi connectivity index (χ3n) is 3.68. The number of anilines is 1. The van der Waals surface area contributed by atoms with Gasteiger partial charge in [-0.15, -0.1) is 0 Å². The fourth-order valence-corrected chi connectivity index (χ4v) is 2.86. The standard InChI is InChI=1S/C17H14ClNO2/c18-14-7-4-8-15(11-14)19-16(20)9-13(10-17(19)21)12-5-2-1-3-6-12/h1-8,11,13H,9-10H2. The lowest BCUT2D eigenvalue weighted by Gasteiger charge is -2.30. The van der Waals surface area contributed by atoms with Crippen LogP contribution in [0, 0.1) is 0 Å². The number of benzene rings is 2. The Balaban J connectivity index is 1.86. The summed E-state index contributed by atoms with van der Waals surface area (Å²) in [7, 11) is 0. The number of carbonyl (C=O) groups excluding carboxylic acids is 2. The summed E-state index contributed by atoms with van der Waals surface area (Å²) in [6.45, 7) is 0. The van der Waals surface area contributed by atoms with E-state index in [1.54, 1.807) is 24.3 Å². The molecular weight excluding hydrogens is 286 g/mol. The molecule has 0 aromatic heterocycles. The quantitative estimate of drug-likeness (QED) is 0.792. The molecule has 0 aliphatic carbocycles. The second-order valence-corrected chi connectivity index (χ2v) is 5.56. The average molecular weight is 300 g/mol. The minimum atomic E-state index is -0.178. The molecule has 1 heterocycles. The van der Waals surface area contributed by atoms with E-state index in [-0.39, 0.29) is 17.7 Å². The van der Waals surface area contributed by atoms with Gasteiger partial charge in [0.05, 0.1) is 5.69 Å².